The van der Waals surface area contributed by atoms with Crippen molar-refractivity contribution in [2.45, 2.75) is 44.8 Å². The average Bonchev–Trinajstić information content (AvgIpc) is 3.26. The van der Waals surface area contributed by atoms with Crippen LogP contribution in [0.1, 0.15) is 41.9 Å². The second kappa shape index (κ2) is 9.88. The maximum Gasteiger partial charge on any atom is 0.236 e. The van der Waals surface area contributed by atoms with Gasteiger partial charge in [0.05, 0.1) is 19.3 Å². The van der Waals surface area contributed by atoms with Crippen molar-refractivity contribution in [2.75, 3.05) is 32.7 Å². The summed E-state index contributed by atoms with van der Waals surface area (Å²) in [6.07, 6.45) is 2.80. The topological polar surface area (TPSA) is 32.8 Å². The van der Waals surface area contributed by atoms with E-state index < -0.39 is 0 Å². The van der Waals surface area contributed by atoms with E-state index in [0.29, 0.717) is 31.6 Å². The van der Waals surface area contributed by atoms with Gasteiger partial charge in [-0.1, -0.05) is 24.3 Å². The molecule has 4 nitrogen and oxygen atoms in total. The van der Waals surface area contributed by atoms with Gasteiger partial charge in [0.15, 0.2) is 0 Å². The van der Waals surface area contributed by atoms with Gasteiger partial charge in [-0.2, -0.15) is 0 Å². The highest BCUT2D eigenvalue weighted by atomic mass is 19.1. The number of nitrogens with zero attached hydrogens (tertiary/aromatic N) is 2. The van der Waals surface area contributed by atoms with Crippen LogP contribution < -0.4 is 0 Å². The van der Waals surface area contributed by atoms with Crippen LogP contribution in [0.5, 0.6) is 0 Å². The molecule has 0 saturated carbocycles. The molecule has 2 saturated heterocycles. The maximum atomic E-state index is 14.1. The van der Waals surface area contributed by atoms with Crippen LogP contribution >= 0.6 is 0 Å². The molecule has 0 N–H and O–H groups in total. The van der Waals surface area contributed by atoms with E-state index in [2.05, 4.69) is 4.90 Å². The molecular formula is C25H30F2N2O2. The summed E-state index contributed by atoms with van der Waals surface area (Å²) in [5.74, 6) is -0.499. The van der Waals surface area contributed by atoms with Gasteiger partial charge in [-0.25, -0.2) is 8.78 Å². The molecule has 2 fully saturated rings. The summed E-state index contributed by atoms with van der Waals surface area (Å²) in [5, 5.41) is 0. The van der Waals surface area contributed by atoms with Crippen molar-refractivity contribution in [3.63, 3.8) is 0 Å². The average molecular weight is 429 g/mol. The number of aryl methyl sites for hydroxylation is 1. The molecule has 0 aromatic heterocycles. The third kappa shape index (κ3) is 5.31. The van der Waals surface area contributed by atoms with E-state index >= 15 is 0 Å². The summed E-state index contributed by atoms with van der Waals surface area (Å²) in [5.41, 5.74) is 2.35. The Labute approximate surface area is 182 Å². The van der Waals surface area contributed by atoms with E-state index in [1.165, 1.54) is 18.2 Å². The fraction of sp³-hybridized carbons (Fsp3) is 0.480. The lowest BCUT2D eigenvalue weighted by atomic mass is 9.85. The molecule has 0 bridgehead atoms. The second-order valence-corrected chi connectivity index (χ2v) is 8.66. The zero-order chi connectivity index (χ0) is 21.8. The summed E-state index contributed by atoms with van der Waals surface area (Å²) in [6.45, 7) is 5.62. The molecule has 4 rings (SSSR count). The zero-order valence-electron chi connectivity index (χ0n) is 18.0. The smallest absolute Gasteiger partial charge is 0.236 e. The number of halogens is 2. The molecule has 2 aliphatic rings. The van der Waals surface area contributed by atoms with E-state index in [9.17, 15) is 13.6 Å². The van der Waals surface area contributed by atoms with Crippen LogP contribution in [0.3, 0.4) is 0 Å². The number of carbonyl (C=O) groups is 1. The van der Waals surface area contributed by atoms with E-state index in [1.807, 2.05) is 11.8 Å². The largest absolute Gasteiger partial charge is 0.373 e. The van der Waals surface area contributed by atoms with Crippen LogP contribution in [-0.4, -0.2) is 54.5 Å². The number of rotatable bonds is 6. The Hall–Kier alpha value is -2.31. The van der Waals surface area contributed by atoms with E-state index in [0.717, 1.165) is 37.1 Å². The lowest BCUT2D eigenvalue weighted by molar-refractivity contribution is -0.135. The van der Waals surface area contributed by atoms with E-state index in [-0.39, 0.29) is 36.2 Å². The van der Waals surface area contributed by atoms with Gasteiger partial charge in [0.2, 0.25) is 5.91 Å². The quantitative estimate of drug-likeness (QED) is 0.689. The third-order valence-corrected chi connectivity index (χ3v) is 6.50. The molecule has 2 heterocycles. The Morgan fingerprint density at radius 1 is 1.10 bits per heavy atom. The van der Waals surface area contributed by atoms with Crippen LogP contribution in [0, 0.1) is 18.6 Å². The summed E-state index contributed by atoms with van der Waals surface area (Å²) < 4.78 is 34.0. The first-order chi connectivity index (χ1) is 15.0. The second-order valence-electron chi connectivity index (χ2n) is 8.66. The third-order valence-electron chi connectivity index (χ3n) is 6.50. The van der Waals surface area contributed by atoms with Gasteiger partial charge in [0.25, 0.3) is 0 Å². The molecule has 2 aromatic rings. The number of hydrogen-bond donors (Lipinski definition) is 0. The van der Waals surface area contributed by atoms with Gasteiger partial charge in [0, 0.05) is 24.6 Å². The lowest BCUT2D eigenvalue weighted by Crippen LogP contribution is -2.48. The molecule has 0 aliphatic carbocycles. The Balaban J connectivity index is 1.50. The minimum atomic E-state index is -0.282. The molecule has 0 spiro atoms. The number of likely N-dealkylation sites (tertiary alicyclic amines) is 2. The number of carbonyl (C=O) groups excluding carboxylic acids is 1. The van der Waals surface area contributed by atoms with Crippen molar-refractivity contribution < 1.29 is 18.3 Å². The number of hydrogen-bond acceptors (Lipinski definition) is 3. The molecule has 1 amide bonds. The van der Waals surface area contributed by atoms with Crippen LogP contribution in [-0.2, 0) is 16.1 Å². The predicted octanol–water partition coefficient (Wildman–Crippen LogP) is 4.27. The van der Waals surface area contributed by atoms with Crippen LogP contribution in [0.4, 0.5) is 8.78 Å². The van der Waals surface area contributed by atoms with Crippen molar-refractivity contribution >= 4 is 5.91 Å². The zero-order valence-corrected chi connectivity index (χ0v) is 18.0. The molecule has 6 heteroatoms. The van der Waals surface area contributed by atoms with Crippen molar-refractivity contribution in [3.8, 4) is 0 Å². The Bertz CT molecular complexity index is 914. The van der Waals surface area contributed by atoms with Crippen LogP contribution in [0.15, 0.2) is 42.5 Å². The normalized spacial score (nSPS) is 22.1. The molecule has 166 valence electrons. The Morgan fingerprint density at radius 3 is 2.61 bits per heavy atom. The monoisotopic (exact) mass is 428 g/mol. The molecule has 2 atom stereocenters. The summed E-state index contributed by atoms with van der Waals surface area (Å²) in [7, 11) is 0. The standard InChI is InChI=1S/C25H30F2N2O2/c1-18-14-20(26)8-9-21(18)22-15-29(25(30)16-28-11-4-5-12-28)13-10-24(22)31-17-19-6-2-3-7-23(19)27/h2-3,6-9,14,22,24H,4-5,10-13,15-17H2,1H3. The maximum absolute atomic E-state index is 14.1. The summed E-state index contributed by atoms with van der Waals surface area (Å²) >= 11 is 0. The fourth-order valence-electron chi connectivity index (χ4n) is 4.75. The van der Waals surface area contributed by atoms with Gasteiger partial charge in [-0.3, -0.25) is 9.69 Å². The van der Waals surface area contributed by atoms with E-state index in [1.54, 1.807) is 24.3 Å². The van der Waals surface area contributed by atoms with Gasteiger partial charge in [-0.15, -0.1) is 0 Å². The first-order valence-corrected chi connectivity index (χ1v) is 11.1. The molecule has 0 radical (unpaired) electrons. The summed E-state index contributed by atoms with van der Waals surface area (Å²) in [6, 6.07) is 11.4. The Morgan fingerprint density at radius 2 is 1.87 bits per heavy atom. The van der Waals surface area contributed by atoms with Crippen molar-refractivity contribution in [3.05, 3.63) is 70.8 Å². The highest BCUT2D eigenvalue weighted by Crippen LogP contribution is 2.33. The first kappa shape index (κ1) is 21.9. The fourth-order valence-corrected chi connectivity index (χ4v) is 4.75. The van der Waals surface area contributed by atoms with Crippen LogP contribution in [0.2, 0.25) is 0 Å². The highest BCUT2D eigenvalue weighted by Gasteiger charge is 2.34. The first-order valence-electron chi connectivity index (χ1n) is 11.1. The number of piperidine rings is 1. The molecular weight excluding hydrogens is 398 g/mol. The molecule has 2 aliphatic heterocycles. The Kier molecular flexibility index (Phi) is 6.98. The van der Waals surface area contributed by atoms with Crippen LogP contribution in [0.25, 0.3) is 0 Å². The predicted molar refractivity (Wildman–Crippen MR) is 116 cm³/mol. The van der Waals surface area contributed by atoms with E-state index in [4.69, 9.17) is 4.74 Å². The van der Waals surface area contributed by atoms with Crippen molar-refractivity contribution in [1.29, 1.82) is 0 Å². The van der Waals surface area contributed by atoms with Gasteiger partial charge < -0.3 is 9.64 Å². The van der Waals surface area contributed by atoms with Gasteiger partial charge in [-0.05, 0) is 68.6 Å². The SMILES string of the molecule is Cc1cc(F)ccc1C1CN(C(=O)CN2CCCC2)CCC1OCc1ccccc1F. The minimum Gasteiger partial charge on any atom is -0.373 e. The number of amides is 1. The lowest BCUT2D eigenvalue weighted by Gasteiger charge is -2.40. The molecule has 31 heavy (non-hydrogen) atoms. The number of benzene rings is 2. The van der Waals surface area contributed by atoms with Gasteiger partial charge in [0.1, 0.15) is 11.6 Å². The van der Waals surface area contributed by atoms with Crippen molar-refractivity contribution in [1.82, 2.24) is 9.80 Å². The molecule has 2 aromatic carbocycles. The minimum absolute atomic E-state index is 0.0800. The highest BCUT2D eigenvalue weighted by molar-refractivity contribution is 5.78. The number of ether oxygens (including phenoxy) is 1. The molecule has 2 unspecified atom stereocenters. The summed E-state index contributed by atoms with van der Waals surface area (Å²) in [4.78, 5) is 17.1. The van der Waals surface area contributed by atoms with Gasteiger partial charge >= 0.3 is 0 Å². The van der Waals surface area contributed by atoms with Crippen molar-refractivity contribution in [2.24, 2.45) is 0 Å².